The molecule has 1 heterocycles. The molecule has 5 nitrogen and oxygen atoms in total. The third-order valence-electron chi connectivity index (χ3n) is 3.06. The van der Waals surface area contributed by atoms with E-state index in [0.717, 1.165) is 16.8 Å². The Hall–Kier alpha value is -2.56. The lowest BCUT2D eigenvalue weighted by Crippen LogP contribution is -2.31. The topological polar surface area (TPSA) is 74.2 Å². The van der Waals surface area contributed by atoms with Gasteiger partial charge in [0.2, 0.25) is 0 Å². The number of hydrogen-bond acceptors (Lipinski definition) is 3. The van der Waals surface area contributed by atoms with Crippen molar-refractivity contribution in [3.63, 3.8) is 0 Å². The maximum absolute atomic E-state index is 12.0. The number of hydrogen-bond donors (Lipinski definition) is 3. The van der Waals surface area contributed by atoms with Crippen LogP contribution in [0.5, 0.6) is 5.75 Å². The summed E-state index contributed by atoms with van der Waals surface area (Å²) in [4.78, 5) is 16.2. The molecular formula is C16H19N3O2. The number of nitrogens with zero attached hydrogens (tertiary/aromatic N) is 1. The number of nitrogens with one attached hydrogen (secondary N) is 2. The van der Waals surface area contributed by atoms with Crippen molar-refractivity contribution in [2.24, 2.45) is 0 Å². The lowest BCUT2D eigenvalue weighted by Gasteiger charge is -2.15. The number of rotatable bonds is 3. The smallest absolute Gasteiger partial charge is 0.320 e. The number of urea groups is 1. The summed E-state index contributed by atoms with van der Waals surface area (Å²) in [6, 6.07) is 10.0. The van der Waals surface area contributed by atoms with Crippen LogP contribution in [0.2, 0.25) is 0 Å². The van der Waals surface area contributed by atoms with Crippen LogP contribution < -0.4 is 10.6 Å². The van der Waals surface area contributed by atoms with Gasteiger partial charge in [0.1, 0.15) is 11.6 Å². The van der Waals surface area contributed by atoms with E-state index in [1.165, 1.54) is 0 Å². The number of anilines is 1. The Bertz CT molecular complexity index is 635. The first-order chi connectivity index (χ1) is 9.94. The average Bonchev–Trinajstić information content (AvgIpc) is 2.37. The normalized spacial score (nSPS) is 11.8. The Kier molecular flexibility index (Phi) is 4.42. The molecule has 110 valence electrons. The van der Waals surface area contributed by atoms with Crippen molar-refractivity contribution in [2.45, 2.75) is 26.8 Å². The molecule has 0 fully saturated rings. The third kappa shape index (κ3) is 4.21. The highest BCUT2D eigenvalue weighted by molar-refractivity contribution is 5.88. The Labute approximate surface area is 124 Å². The van der Waals surface area contributed by atoms with Gasteiger partial charge >= 0.3 is 6.03 Å². The van der Waals surface area contributed by atoms with Gasteiger partial charge in [0, 0.05) is 5.69 Å². The SMILES string of the molecule is Cc1cc(C)nc(NC(=O)N[C@@H](C)c2cccc(O)c2)c1. The molecule has 0 radical (unpaired) electrons. The van der Waals surface area contributed by atoms with Crippen molar-refractivity contribution < 1.29 is 9.90 Å². The van der Waals surface area contributed by atoms with Gasteiger partial charge in [-0.2, -0.15) is 0 Å². The van der Waals surface area contributed by atoms with Crippen LogP contribution in [0.4, 0.5) is 10.6 Å². The minimum absolute atomic E-state index is 0.178. The van der Waals surface area contributed by atoms with E-state index < -0.39 is 0 Å². The van der Waals surface area contributed by atoms with Crippen molar-refractivity contribution in [1.29, 1.82) is 0 Å². The fraction of sp³-hybridized carbons (Fsp3) is 0.250. The van der Waals surface area contributed by atoms with Gasteiger partial charge in [-0.1, -0.05) is 12.1 Å². The minimum atomic E-state index is -0.330. The molecule has 0 unspecified atom stereocenters. The van der Waals surface area contributed by atoms with E-state index in [2.05, 4.69) is 15.6 Å². The monoisotopic (exact) mass is 285 g/mol. The number of carbonyl (C=O) groups excluding carboxylic acids is 1. The summed E-state index contributed by atoms with van der Waals surface area (Å²) < 4.78 is 0. The molecule has 1 aromatic heterocycles. The predicted octanol–water partition coefficient (Wildman–Crippen LogP) is 3.29. The Balaban J connectivity index is 2.01. The summed E-state index contributed by atoms with van der Waals surface area (Å²) in [7, 11) is 0. The molecule has 2 amide bonds. The van der Waals surface area contributed by atoms with E-state index in [1.807, 2.05) is 39.0 Å². The van der Waals surface area contributed by atoms with Crippen LogP contribution >= 0.6 is 0 Å². The van der Waals surface area contributed by atoms with E-state index >= 15 is 0 Å². The standard InChI is InChI=1S/C16H19N3O2/c1-10-7-11(2)17-15(8-10)19-16(21)18-12(3)13-5-4-6-14(20)9-13/h4-9,12,20H,1-3H3,(H2,17,18,19,21)/t12-/m0/s1. The number of pyridine rings is 1. The van der Waals surface area contributed by atoms with E-state index in [1.54, 1.807) is 18.2 Å². The number of benzene rings is 1. The molecule has 0 bridgehead atoms. The maximum atomic E-state index is 12.0. The van der Waals surface area contributed by atoms with Gasteiger partial charge in [-0.3, -0.25) is 5.32 Å². The number of amides is 2. The van der Waals surface area contributed by atoms with Crippen molar-refractivity contribution in [3.8, 4) is 5.75 Å². The summed E-state index contributed by atoms with van der Waals surface area (Å²) >= 11 is 0. The zero-order valence-corrected chi connectivity index (χ0v) is 12.3. The summed E-state index contributed by atoms with van der Waals surface area (Å²) in [6.07, 6.45) is 0. The zero-order chi connectivity index (χ0) is 15.4. The number of aryl methyl sites for hydroxylation is 2. The molecule has 1 aromatic carbocycles. The highest BCUT2D eigenvalue weighted by Crippen LogP contribution is 2.18. The van der Waals surface area contributed by atoms with Crippen LogP contribution in [0, 0.1) is 13.8 Å². The van der Waals surface area contributed by atoms with Gasteiger partial charge in [-0.25, -0.2) is 9.78 Å². The summed E-state index contributed by atoms with van der Waals surface area (Å²) in [5.41, 5.74) is 2.73. The van der Waals surface area contributed by atoms with Crippen LogP contribution in [0.1, 0.15) is 29.8 Å². The molecule has 1 atom stereocenters. The second kappa shape index (κ2) is 6.26. The highest BCUT2D eigenvalue weighted by atomic mass is 16.3. The predicted molar refractivity (Wildman–Crippen MR) is 82.4 cm³/mol. The zero-order valence-electron chi connectivity index (χ0n) is 12.3. The Morgan fingerprint density at radius 3 is 2.67 bits per heavy atom. The first kappa shape index (κ1) is 14.8. The number of carbonyl (C=O) groups is 1. The van der Waals surface area contributed by atoms with Gasteiger partial charge in [0.05, 0.1) is 6.04 Å². The van der Waals surface area contributed by atoms with Gasteiger partial charge in [0.15, 0.2) is 0 Å². The molecule has 3 N–H and O–H groups in total. The van der Waals surface area contributed by atoms with Crippen LogP contribution in [-0.2, 0) is 0 Å². The molecule has 21 heavy (non-hydrogen) atoms. The van der Waals surface area contributed by atoms with E-state index in [0.29, 0.717) is 5.82 Å². The number of aromatic hydroxyl groups is 1. The molecule has 0 aliphatic heterocycles. The first-order valence-electron chi connectivity index (χ1n) is 6.76. The van der Waals surface area contributed by atoms with Gasteiger partial charge < -0.3 is 10.4 Å². The van der Waals surface area contributed by atoms with Gasteiger partial charge in [0.25, 0.3) is 0 Å². The van der Waals surface area contributed by atoms with E-state index in [-0.39, 0.29) is 17.8 Å². The fourth-order valence-corrected chi connectivity index (χ4v) is 2.13. The Morgan fingerprint density at radius 1 is 1.24 bits per heavy atom. The molecule has 5 heteroatoms. The largest absolute Gasteiger partial charge is 0.508 e. The van der Waals surface area contributed by atoms with Crippen LogP contribution in [0.25, 0.3) is 0 Å². The number of phenolic OH excluding ortho intramolecular Hbond substituents is 1. The molecule has 2 rings (SSSR count). The fourth-order valence-electron chi connectivity index (χ4n) is 2.13. The molecule has 0 saturated heterocycles. The summed E-state index contributed by atoms with van der Waals surface area (Å²) in [5.74, 6) is 0.700. The molecule has 2 aromatic rings. The Morgan fingerprint density at radius 2 is 2.00 bits per heavy atom. The highest BCUT2D eigenvalue weighted by Gasteiger charge is 2.10. The van der Waals surface area contributed by atoms with Crippen molar-refractivity contribution in [2.75, 3.05) is 5.32 Å². The van der Waals surface area contributed by atoms with Crippen molar-refractivity contribution in [1.82, 2.24) is 10.3 Å². The molecule has 0 spiro atoms. The van der Waals surface area contributed by atoms with E-state index in [4.69, 9.17) is 0 Å². The summed E-state index contributed by atoms with van der Waals surface area (Å²) in [6.45, 7) is 5.68. The summed E-state index contributed by atoms with van der Waals surface area (Å²) in [5, 5.41) is 15.0. The first-order valence-corrected chi connectivity index (χ1v) is 6.76. The molecular weight excluding hydrogens is 266 g/mol. The minimum Gasteiger partial charge on any atom is -0.508 e. The van der Waals surface area contributed by atoms with Crippen LogP contribution in [0.15, 0.2) is 36.4 Å². The van der Waals surface area contributed by atoms with Crippen LogP contribution in [0.3, 0.4) is 0 Å². The number of phenols is 1. The quantitative estimate of drug-likeness (QED) is 0.810. The van der Waals surface area contributed by atoms with Crippen molar-refractivity contribution in [3.05, 3.63) is 53.2 Å². The average molecular weight is 285 g/mol. The second-order valence-electron chi connectivity index (χ2n) is 5.09. The van der Waals surface area contributed by atoms with Crippen LogP contribution in [-0.4, -0.2) is 16.1 Å². The lowest BCUT2D eigenvalue weighted by atomic mass is 10.1. The maximum Gasteiger partial charge on any atom is 0.320 e. The van der Waals surface area contributed by atoms with E-state index in [9.17, 15) is 9.90 Å². The van der Waals surface area contributed by atoms with Gasteiger partial charge in [-0.05, 0) is 56.2 Å². The molecule has 0 aliphatic rings. The van der Waals surface area contributed by atoms with Gasteiger partial charge in [-0.15, -0.1) is 0 Å². The second-order valence-corrected chi connectivity index (χ2v) is 5.09. The number of aromatic nitrogens is 1. The van der Waals surface area contributed by atoms with Crippen molar-refractivity contribution >= 4 is 11.8 Å². The molecule has 0 aliphatic carbocycles. The third-order valence-corrected chi connectivity index (χ3v) is 3.06. The lowest BCUT2D eigenvalue weighted by molar-refractivity contribution is 0.249. The molecule has 0 saturated carbocycles.